The molecule has 0 aromatic heterocycles. The Labute approximate surface area is 157 Å². The Kier molecular flexibility index (Phi) is 5.10. The first-order valence-corrected chi connectivity index (χ1v) is 8.91. The number of carbonyl (C=O) groups excluding carboxylic acids is 1. The smallest absolute Gasteiger partial charge is 0.277 e. The van der Waals surface area contributed by atoms with Crippen LogP contribution in [0.3, 0.4) is 0 Å². The van der Waals surface area contributed by atoms with E-state index in [1.807, 2.05) is 12.1 Å². The van der Waals surface area contributed by atoms with Crippen LogP contribution < -0.4 is 0 Å². The number of halogens is 1. The number of thioether (sulfide) groups is 1. The molecule has 8 nitrogen and oxygen atoms in total. The van der Waals surface area contributed by atoms with Crippen LogP contribution in [-0.4, -0.2) is 33.0 Å². The largest absolute Gasteiger partial charge is 0.322 e. The number of hydrogen-bond donors (Lipinski definition) is 0. The van der Waals surface area contributed by atoms with Crippen molar-refractivity contribution in [2.45, 2.75) is 5.37 Å². The quantitative estimate of drug-likeness (QED) is 0.573. The minimum Gasteiger partial charge on any atom is -0.322 e. The Morgan fingerprint density at radius 2 is 1.65 bits per heavy atom. The molecule has 26 heavy (non-hydrogen) atoms. The number of nitrogens with zero attached hydrogens (tertiary/aromatic N) is 3. The van der Waals surface area contributed by atoms with E-state index in [0.717, 1.165) is 23.8 Å². The first kappa shape index (κ1) is 18.2. The molecular formula is C16H12ClN3O5S. The second-order valence-electron chi connectivity index (χ2n) is 5.53. The van der Waals surface area contributed by atoms with Gasteiger partial charge in [0.2, 0.25) is 0 Å². The summed E-state index contributed by atoms with van der Waals surface area (Å²) in [5.74, 6) is 0.206. The molecular weight excluding hydrogens is 382 g/mol. The van der Waals surface area contributed by atoms with Crippen molar-refractivity contribution in [3.8, 4) is 0 Å². The van der Waals surface area contributed by atoms with Crippen molar-refractivity contribution in [2.75, 3.05) is 12.3 Å². The lowest BCUT2D eigenvalue weighted by Gasteiger charge is -2.24. The van der Waals surface area contributed by atoms with Crippen molar-refractivity contribution in [3.63, 3.8) is 0 Å². The minimum atomic E-state index is -0.751. The van der Waals surface area contributed by atoms with Gasteiger partial charge >= 0.3 is 0 Å². The van der Waals surface area contributed by atoms with E-state index in [9.17, 15) is 25.0 Å². The minimum absolute atomic E-state index is 0.0765. The Balaban J connectivity index is 1.96. The molecule has 2 aromatic carbocycles. The molecule has 0 bridgehead atoms. The van der Waals surface area contributed by atoms with Gasteiger partial charge in [-0.2, -0.15) is 0 Å². The summed E-state index contributed by atoms with van der Waals surface area (Å²) in [6.07, 6.45) is 0. The monoisotopic (exact) mass is 393 g/mol. The summed E-state index contributed by atoms with van der Waals surface area (Å²) in [6, 6.07) is 10.0. The van der Waals surface area contributed by atoms with E-state index < -0.39 is 27.1 Å². The highest BCUT2D eigenvalue weighted by molar-refractivity contribution is 7.99. The van der Waals surface area contributed by atoms with E-state index in [1.54, 1.807) is 28.8 Å². The van der Waals surface area contributed by atoms with E-state index in [-0.39, 0.29) is 10.9 Å². The third-order valence-corrected chi connectivity index (χ3v) is 5.39. The van der Waals surface area contributed by atoms with Crippen molar-refractivity contribution in [1.29, 1.82) is 0 Å². The summed E-state index contributed by atoms with van der Waals surface area (Å²) in [5.41, 5.74) is -0.188. The van der Waals surface area contributed by atoms with Gasteiger partial charge in [-0.15, -0.1) is 11.8 Å². The fraction of sp³-hybridized carbons (Fsp3) is 0.188. The van der Waals surface area contributed by atoms with Crippen molar-refractivity contribution in [2.24, 2.45) is 0 Å². The number of nitro groups is 2. The van der Waals surface area contributed by atoms with Crippen molar-refractivity contribution < 1.29 is 14.6 Å². The van der Waals surface area contributed by atoms with E-state index in [1.165, 1.54) is 0 Å². The maximum atomic E-state index is 12.9. The predicted octanol–water partition coefficient (Wildman–Crippen LogP) is 4.04. The van der Waals surface area contributed by atoms with E-state index >= 15 is 0 Å². The molecule has 3 rings (SSSR count). The summed E-state index contributed by atoms with van der Waals surface area (Å²) in [4.78, 5) is 35.0. The van der Waals surface area contributed by atoms with Gasteiger partial charge in [0.25, 0.3) is 17.3 Å². The van der Waals surface area contributed by atoms with Gasteiger partial charge in [0, 0.05) is 29.5 Å². The average Bonchev–Trinajstić information content (AvgIpc) is 3.10. The maximum absolute atomic E-state index is 12.9. The molecule has 10 heteroatoms. The van der Waals surface area contributed by atoms with Gasteiger partial charge in [-0.25, -0.2) is 0 Å². The Morgan fingerprint density at radius 1 is 1.08 bits per heavy atom. The van der Waals surface area contributed by atoms with Crippen LogP contribution in [0.15, 0.2) is 42.5 Å². The third-order valence-electron chi connectivity index (χ3n) is 3.88. The molecule has 1 atom stereocenters. The zero-order chi connectivity index (χ0) is 18.8. The molecule has 1 saturated heterocycles. The molecule has 134 valence electrons. The zero-order valence-electron chi connectivity index (χ0n) is 13.2. The first-order chi connectivity index (χ1) is 12.4. The number of rotatable bonds is 4. The van der Waals surface area contributed by atoms with Gasteiger partial charge in [-0.1, -0.05) is 23.7 Å². The zero-order valence-corrected chi connectivity index (χ0v) is 14.8. The fourth-order valence-electron chi connectivity index (χ4n) is 2.68. The molecule has 0 aliphatic carbocycles. The number of carbonyl (C=O) groups is 1. The molecule has 1 aliphatic rings. The first-order valence-electron chi connectivity index (χ1n) is 7.49. The summed E-state index contributed by atoms with van der Waals surface area (Å²) < 4.78 is 0. The standard InChI is InChI=1S/C16H12ClN3O5S/c17-12-3-1-10(2-4-12)16-18(5-6-26-16)15(21)11-7-13(19(22)23)9-14(8-11)20(24)25/h1-4,7-9,16H,5-6H2. The predicted molar refractivity (Wildman–Crippen MR) is 97.4 cm³/mol. The molecule has 1 heterocycles. The lowest BCUT2D eigenvalue weighted by molar-refractivity contribution is -0.394. The van der Waals surface area contributed by atoms with Crippen LogP contribution in [0.1, 0.15) is 21.3 Å². The molecule has 1 aliphatic heterocycles. The summed E-state index contributed by atoms with van der Waals surface area (Å²) in [6.45, 7) is 0.438. The number of hydrogen-bond acceptors (Lipinski definition) is 6. The summed E-state index contributed by atoms with van der Waals surface area (Å²) >= 11 is 7.44. The molecule has 0 radical (unpaired) electrons. The van der Waals surface area contributed by atoms with Crippen LogP contribution in [-0.2, 0) is 0 Å². The Morgan fingerprint density at radius 3 is 2.19 bits per heavy atom. The number of benzene rings is 2. The van der Waals surface area contributed by atoms with E-state index in [2.05, 4.69) is 0 Å². The third kappa shape index (κ3) is 3.63. The van der Waals surface area contributed by atoms with Gasteiger partial charge in [0.15, 0.2) is 0 Å². The molecule has 2 aromatic rings. The number of non-ortho nitro benzene ring substituents is 2. The van der Waals surface area contributed by atoms with Crippen LogP contribution in [0.25, 0.3) is 0 Å². The highest BCUT2D eigenvalue weighted by Gasteiger charge is 2.32. The van der Waals surface area contributed by atoms with Gasteiger partial charge in [-0.3, -0.25) is 25.0 Å². The fourth-order valence-corrected chi connectivity index (χ4v) is 4.06. The van der Waals surface area contributed by atoms with Crippen molar-refractivity contribution in [3.05, 3.63) is 78.8 Å². The van der Waals surface area contributed by atoms with Crippen LogP contribution in [0.4, 0.5) is 11.4 Å². The van der Waals surface area contributed by atoms with E-state index in [4.69, 9.17) is 11.6 Å². The van der Waals surface area contributed by atoms with Gasteiger partial charge in [0.1, 0.15) is 5.37 Å². The number of nitro benzene ring substituents is 2. The second-order valence-corrected chi connectivity index (χ2v) is 7.15. The molecule has 1 fully saturated rings. The van der Waals surface area contributed by atoms with Crippen LogP contribution in [0.2, 0.25) is 5.02 Å². The number of amides is 1. The average molecular weight is 394 g/mol. The van der Waals surface area contributed by atoms with Gasteiger partial charge in [-0.05, 0) is 17.7 Å². The molecule has 1 unspecified atom stereocenters. The normalized spacial score (nSPS) is 16.5. The van der Waals surface area contributed by atoms with Gasteiger partial charge in [0.05, 0.1) is 21.5 Å². The highest BCUT2D eigenvalue weighted by atomic mass is 35.5. The SMILES string of the molecule is O=C(c1cc([N+](=O)[O-])cc([N+](=O)[O-])c1)N1CCSC1c1ccc(Cl)cc1. The maximum Gasteiger partial charge on any atom is 0.277 e. The van der Waals surface area contributed by atoms with Crippen LogP contribution >= 0.6 is 23.4 Å². The lowest BCUT2D eigenvalue weighted by Crippen LogP contribution is -2.30. The van der Waals surface area contributed by atoms with Crippen LogP contribution in [0, 0.1) is 20.2 Å². The lowest BCUT2D eigenvalue weighted by atomic mass is 10.1. The Hall–Kier alpha value is -2.65. The Bertz CT molecular complexity index is 858. The van der Waals surface area contributed by atoms with Crippen LogP contribution in [0.5, 0.6) is 0 Å². The molecule has 0 saturated carbocycles. The topological polar surface area (TPSA) is 107 Å². The van der Waals surface area contributed by atoms with Gasteiger partial charge < -0.3 is 4.90 Å². The summed E-state index contributed by atoms with van der Waals surface area (Å²) in [5, 5.41) is 22.4. The van der Waals surface area contributed by atoms with Crippen molar-refractivity contribution >= 4 is 40.6 Å². The van der Waals surface area contributed by atoms with E-state index in [0.29, 0.717) is 17.3 Å². The second kappa shape index (κ2) is 7.30. The molecule has 1 amide bonds. The summed E-state index contributed by atoms with van der Waals surface area (Å²) in [7, 11) is 0. The molecule has 0 N–H and O–H groups in total. The van der Waals surface area contributed by atoms with Crippen molar-refractivity contribution in [1.82, 2.24) is 4.90 Å². The highest BCUT2D eigenvalue weighted by Crippen LogP contribution is 2.39. The molecule has 0 spiro atoms.